The van der Waals surface area contributed by atoms with Gasteiger partial charge < -0.3 is 22.9 Å². The second kappa shape index (κ2) is 48.5. The van der Waals surface area contributed by atoms with Crippen molar-refractivity contribution in [3.8, 4) is 0 Å². The quantitative estimate of drug-likeness (QED) is 0.123. The lowest BCUT2D eigenvalue weighted by molar-refractivity contribution is -0.191. The number of thiazole rings is 1. The fraction of sp³-hybridized carbons (Fsp3) is 0.469. The number of fused-ring (bicyclic) bond motifs is 1. The fourth-order valence-electron chi connectivity index (χ4n) is 8.95. The molecule has 1 aliphatic rings. The van der Waals surface area contributed by atoms with Gasteiger partial charge in [0.2, 0.25) is 0 Å². The molecule has 0 unspecified atom stereocenters. The highest BCUT2D eigenvalue weighted by Crippen LogP contribution is 2.32. The largest absolute Gasteiger partial charge is 0.469 e. The van der Waals surface area contributed by atoms with Gasteiger partial charge in [0.1, 0.15) is 17.1 Å². The number of hydrogen-bond acceptors (Lipinski definition) is 15. The third-order valence-electron chi connectivity index (χ3n) is 14.7. The van der Waals surface area contributed by atoms with Crippen LogP contribution in [-0.4, -0.2) is 48.7 Å². The molecular formula is C81H115ClN6O6S5. The Morgan fingerprint density at radius 1 is 0.586 bits per heavy atom. The summed E-state index contributed by atoms with van der Waals surface area (Å²) in [7, 11) is 3.92. The zero-order valence-electron chi connectivity index (χ0n) is 63.8. The third-order valence-corrected chi connectivity index (χ3v) is 20.3. The van der Waals surface area contributed by atoms with Crippen LogP contribution < -0.4 is 0 Å². The summed E-state index contributed by atoms with van der Waals surface area (Å²) < 4.78 is 26.5. The molecule has 542 valence electrons. The van der Waals surface area contributed by atoms with Gasteiger partial charge in [-0.2, -0.15) is 26.0 Å². The van der Waals surface area contributed by atoms with Gasteiger partial charge in [0.25, 0.3) is 0 Å². The Kier molecular flexibility index (Phi) is 43.4. The van der Waals surface area contributed by atoms with Crippen LogP contribution in [0.5, 0.6) is 0 Å². The number of halogens is 1. The number of nitrogens with zero attached hydrogens (tertiary/aromatic N) is 6. The van der Waals surface area contributed by atoms with E-state index in [1.54, 1.807) is 35.1 Å². The molecule has 99 heavy (non-hydrogen) atoms. The first kappa shape index (κ1) is 88.7. The normalized spacial score (nSPS) is 11.5. The lowest BCUT2D eigenvalue weighted by Gasteiger charge is -2.10. The summed E-state index contributed by atoms with van der Waals surface area (Å²) in [5.41, 5.74) is 9.95. The van der Waals surface area contributed by atoms with E-state index in [1.165, 1.54) is 57.9 Å². The standard InChI is InChI=1S/C11H12O.C10H14O3.C8H13NS.C8H11N.C8H12S.C7H9ClS.2C7H12N2.2C7H10S.CO2/c1-8(2)11-7-9-5-3-4-6-10(9)12-11;1-7(2)9-8(3-4-11-9)10-12-5-6-13-10;1-5(2)8-6(3)9-7(4)10-8;1-7(2)8-4-3-5-9-6-8;1-6(2)8-4-5-9-7(8)3;1-5(2)6-3-4-7(8)9-6;1-6(2)7-4-9(3)5-8-7;1-6(2)7-4-8-9(3)5-7;1-6(2)7-3-4-8-5-7;1-6(2)7-4-3-5-8-7;2-1-3/h3-8H,1-2H3;3-4,7,10H,5-6H2,1-2H3;5H,1-4H3;3-7H,1-2H3;4-6H,1-3H3;3-5H,1-2H3;2*4-6H,1-3H3;2*3-6H,1-2H3;. The highest BCUT2D eigenvalue weighted by atomic mass is 35.5. The molecule has 0 N–H and O–H groups in total. The number of carbonyl (C=O) groups excluding carboxylic acids is 2. The maximum atomic E-state index is 8.12. The van der Waals surface area contributed by atoms with Crippen molar-refractivity contribution in [2.75, 3.05) is 13.2 Å². The number of benzene rings is 1. The number of ether oxygens (including phenoxy) is 2. The second-order valence-corrected chi connectivity index (χ2v) is 32.5. The monoisotopic (exact) mass is 1460 g/mol. The van der Waals surface area contributed by atoms with Crippen molar-refractivity contribution in [1.29, 1.82) is 0 Å². The van der Waals surface area contributed by atoms with Crippen LogP contribution in [0, 0.1) is 20.8 Å². The molecular weight excluding hydrogens is 1350 g/mol. The number of rotatable bonds is 11. The van der Waals surface area contributed by atoms with Gasteiger partial charge in [0.05, 0.1) is 52.7 Å². The molecule has 0 spiro atoms. The summed E-state index contributed by atoms with van der Waals surface area (Å²) in [6, 6.07) is 28.9. The molecule has 12 nitrogen and oxygen atoms in total. The van der Waals surface area contributed by atoms with E-state index in [9.17, 15) is 0 Å². The van der Waals surface area contributed by atoms with E-state index in [4.69, 9.17) is 39.5 Å². The molecule has 0 aliphatic carbocycles. The van der Waals surface area contributed by atoms with Crippen LogP contribution in [0.15, 0.2) is 159 Å². The van der Waals surface area contributed by atoms with Gasteiger partial charge in [0.15, 0.2) is 6.29 Å². The molecule has 11 aromatic rings. The minimum Gasteiger partial charge on any atom is -0.469 e. The minimum atomic E-state index is -0.212. The molecule has 1 fully saturated rings. The molecule has 0 amide bonds. The fourth-order valence-corrected chi connectivity index (χ4v) is 13.4. The molecule has 1 aromatic carbocycles. The van der Waals surface area contributed by atoms with Gasteiger partial charge >= 0.3 is 6.15 Å². The van der Waals surface area contributed by atoms with E-state index in [-0.39, 0.29) is 12.4 Å². The summed E-state index contributed by atoms with van der Waals surface area (Å²) in [6.45, 7) is 51.1. The molecule has 0 radical (unpaired) electrons. The first-order valence-electron chi connectivity index (χ1n) is 34.2. The van der Waals surface area contributed by atoms with Crippen LogP contribution in [0.4, 0.5) is 0 Å². The number of pyridine rings is 1. The van der Waals surface area contributed by atoms with E-state index < -0.39 is 0 Å². The van der Waals surface area contributed by atoms with Gasteiger partial charge in [-0.1, -0.05) is 180 Å². The summed E-state index contributed by atoms with van der Waals surface area (Å²) in [5.74, 6) is 7.95. The first-order chi connectivity index (χ1) is 46.8. The van der Waals surface area contributed by atoms with Gasteiger partial charge in [-0.15, -0.1) is 45.3 Å². The van der Waals surface area contributed by atoms with E-state index in [2.05, 4.69) is 249 Å². The van der Waals surface area contributed by atoms with Crippen LogP contribution >= 0.6 is 68.3 Å². The average molecular weight is 1460 g/mol. The van der Waals surface area contributed by atoms with Crippen LogP contribution in [-0.2, 0) is 33.2 Å². The number of para-hydroxylation sites is 1. The minimum absolute atomic E-state index is 0.212. The second-order valence-electron chi connectivity index (χ2n) is 26.7. The van der Waals surface area contributed by atoms with Crippen molar-refractivity contribution in [2.24, 2.45) is 14.1 Å². The Labute approximate surface area is 619 Å². The van der Waals surface area contributed by atoms with Gasteiger partial charge in [-0.25, -0.2) is 9.97 Å². The number of aryl methyl sites for hydroxylation is 5. The maximum absolute atomic E-state index is 8.12. The van der Waals surface area contributed by atoms with Crippen molar-refractivity contribution in [3.05, 3.63) is 230 Å². The van der Waals surface area contributed by atoms with Crippen LogP contribution in [0.1, 0.15) is 279 Å². The van der Waals surface area contributed by atoms with Crippen molar-refractivity contribution in [2.45, 2.75) is 225 Å². The number of furan rings is 2. The summed E-state index contributed by atoms with van der Waals surface area (Å²) in [4.78, 5) is 34.5. The van der Waals surface area contributed by atoms with Crippen molar-refractivity contribution in [1.82, 2.24) is 29.3 Å². The molecule has 0 bridgehead atoms. The predicted octanol–water partition coefficient (Wildman–Crippen LogP) is 26.0. The molecule has 12 rings (SSSR count). The number of hydrogen-bond donors (Lipinski definition) is 0. The topological polar surface area (TPSA) is 140 Å². The highest BCUT2D eigenvalue weighted by molar-refractivity contribution is 7.16. The lowest BCUT2D eigenvalue weighted by atomic mass is 10.1. The average Bonchev–Trinajstić information content (AvgIpc) is 1.71. The number of imidazole rings is 1. The van der Waals surface area contributed by atoms with Crippen molar-refractivity contribution < 1.29 is 27.9 Å². The zero-order chi connectivity index (χ0) is 74.3. The van der Waals surface area contributed by atoms with Gasteiger partial charge in [-0.3, -0.25) is 9.67 Å². The molecule has 10 aromatic heterocycles. The van der Waals surface area contributed by atoms with Crippen molar-refractivity contribution in [3.63, 3.8) is 0 Å². The van der Waals surface area contributed by atoms with Gasteiger partial charge in [-0.05, 0) is 166 Å². The van der Waals surface area contributed by atoms with Crippen LogP contribution in [0.3, 0.4) is 0 Å². The summed E-state index contributed by atoms with van der Waals surface area (Å²) in [6.07, 6.45) is 13.3. The Balaban J connectivity index is 0.000000374. The van der Waals surface area contributed by atoms with E-state index in [1.807, 2.05) is 125 Å². The highest BCUT2D eigenvalue weighted by Gasteiger charge is 2.24. The molecule has 18 heteroatoms. The predicted molar refractivity (Wildman–Crippen MR) is 425 cm³/mol. The van der Waals surface area contributed by atoms with E-state index >= 15 is 0 Å². The Bertz CT molecular complexity index is 3630. The van der Waals surface area contributed by atoms with E-state index in [0.29, 0.717) is 72.4 Å². The van der Waals surface area contributed by atoms with Crippen LogP contribution in [0.25, 0.3) is 11.0 Å². The molecule has 1 saturated heterocycles. The van der Waals surface area contributed by atoms with Crippen LogP contribution in [0.2, 0.25) is 4.34 Å². The molecule has 0 saturated carbocycles. The smallest absolute Gasteiger partial charge is 0.373 e. The lowest BCUT2D eigenvalue weighted by Crippen LogP contribution is -2.00. The maximum Gasteiger partial charge on any atom is 0.373 e. The summed E-state index contributed by atoms with van der Waals surface area (Å²) in [5, 5.41) is 15.0. The molecule has 11 heterocycles. The Morgan fingerprint density at radius 3 is 1.57 bits per heavy atom. The molecule has 1 aliphatic heterocycles. The third kappa shape index (κ3) is 35.2. The van der Waals surface area contributed by atoms with Gasteiger partial charge in [0, 0.05) is 81.2 Å². The molecule has 0 atom stereocenters. The Hall–Kier alpha value is -6.37. The SMILES string of the molecule is CC(C)c1cc2ccccc2o1.CC(C)c1ccc(Cl)s1.CC(C)c1cccnc1.CC(C)c1cccs1.CC(C)c1ccsc1.CC(C)c1cn(C)cn1.CC(C)c1cnn(C)c1.CC(C)c1occc1C1OCCO1.Cc1nc(C)c(C(C)C)s1.Cc1sccc1C(C)C.O=C=O. The first-order valence-corrected chi connectivity index (χ1v) is 39.0. The zero-order valence-corrected chi connectivity index (χ0v) is 68.6. The summed E-state index contributed by atoms with van der Waals surface area (Å²) >= 11 is 14.6. The van der Waals surface area contributed by atoms with Crippen molar-refractivity contribution >= 4 is 85.4 Å². The number of thiophene rings is 4. The Morgan fingerprint density at radius 2 is 1.23 bits per heavy atom. The number of aromatic nitrogens is 6. The van der Waals surface area contributed by atoms with E-state index in [0.717, 1.165) is 32.7 Å².